The van der Waals surface area contributed by atoms with Crippen LogP contribution in [-0.2, 0) is 5.60 Å². The molecule has 0 aliphatic heterocycles. The van der Waals surface area contributed by atoms with Gasteiger partial charge in [0.05, 0.1) is 0 Å². The summed E-state index contributed by atoms with van der Waals surface area (Å²) in [6, 6.07) is 2.20. The zero-order valence-electron chi connectivity index (χ0n) is 7.94. The zero-order valence-corrected chi connectivity index (χ0v) is 9.46. The minimum Gasteiger partial charge on any atom is -0.508 e. The van der Waals surface area contributed by atoms with Gasteiger partial charge in [0.2, 0.25) is 0 Å². The highest BCUT2D eigenvalue weighted by Crippen LogP contribution is 2.48. The summed E-state index contributed by atoms with van der Waals surface area (Å²) >= 11 is 11.2. The van der Waals surface area contributed by atoms with E-state index in [2.05, 4.69) is 0 Å². The van der Waals surface area contributed by atoms with Crippen molar-refractivity contribution in [3.05, 3.63) is 23.3 Å². The quantitative estimate of drug-likeness (QED) is 0.673. The first kappa shape index (κ1) is 11.5. The van der Waals surface area contributed by atoms with E-state index < -0.39 is 22.0 Å². The van der Waals surface area contributed by atoms with Gasteiger partial charge in [0.25, 0.3) is 0 Å². The van der Waals surface area contributed by atoms with Gasteiger partial charge in [-0.15, -0.1) is 23.2 Å². The van der Waals surface area contributed by atoms with Gasteiger partial charge in [0.15, 0.2) is 5.78 Å². The highest BCUT2D eigenvalue weighted by molar-refractivity contribution is 6.45. The standard InChI is InChI=1S/C10H8Cl2O4/c11-9(12)10(16)3-7(15)5-1-4(13)2-6(14)8(5)10/h1-2,9,13-14,16H,3H2. The Balaban J connectivity index is 2.71. The molecule has 1 unspecified atom stereocenters. The van der Waals surface area contributed by atoms with Crippen LogP contribution in [0.4, 0.5) is 0 Å². The van der Waals surface area contributed by atoms with Crippen molar-refractivity contribution >= 4 is 29.0 Å². The Bertz CT molecular complexity index is 472. The smallest absolute Gasteiger partial charge is 0.166 e. The number of fused-ring (bicyclic) bond motifs is 1. The maximum Gasteiger partial charge on any atom is 0.166 e. The predicted molar refractivity (Wildman–Crippen MR) is 58.1 cm³/mol. The van der Waals surface area contributed by atoms with Gasteiger partial charge in [-0.1, -0.05) is 0 Å². The first-order valence-corrected chi connectivity index (χ1v) is 5.33. The number of Topliss-reactive ketones (excluding diaryl/α,β-unsaturated/α-hetero) is 1. The van der Waals surface area contributed by atoms with Crippen LogP contribution in [0.2, 0.25) is 0 Å². The topological polar surface area (TPSA) is 77.8 Å². The molecule has 2 rings (SSSR count). The van der Waals surface area contributed by atoms with Crippen LogP contribution in [0.5, 0.6) is 11.5 Å². The second-order valence-electron chi connectivity index (χ2n) is 3.71. The van der Waals surface area contributed by atoms with E-state index in [0.717, 1.165) is 6.07 Å². The summed E-state index contributed by atoms with van der Waals surface area (Å²) in [4.78, 5) is 10.3. The van der Waals surface area contributed by atoms with Crippen LogP contribution in [-0.4, -0.2) is 25.9 Å². The molecule has 1 aromatic carbocycles. The molecule has 1 aromatic rings. The number of alkyl halides is 2. The lowest BCUT2D eigenvalue weighted by atomic mass is 9.97. The third-order valence-corrected chi connectivity index (χ3v) is 3.35. The minimum atomic E-state index is -1.80. The molecule has 0 bridgehead atoms. The third kappa shape index (κ3) is 1.45. The Labute approximate surface area is 101 Å². The molecule has 3 N–H and O–H groups in total. The minimum absolute atomic E-state index is 0.0229. The number of halogens is 2. The lowest BCUT2D eigenvalue weighted by molar-refractivity contribution is 0.0470. The molecular formula is C10H8Cl2O4. The van der Waals surface area contributed by atoms with Crippen LogP contribution < -0.4 is 0 Å². The van der Waals surface area contributed by atoms with Crippen molar-refractivity contribution < 1.29 is 20.1 Å². The average molecular weight is 263 g/mol. The molecule has 0 radical (unpaired) electrons. The summed E-state index contributed by atoms with van der Waals surface area (Å²) in [5.74, 6) is -1.07. The molecule has 0 fully saturated rings. The van der Waals surface area contributed by atoms with Gasteiger partial charge in [0, 0.05) is 23.6 Å². The molecule has 0 amide bonds. The fourth-order valence-electron chi connectivity index (χ4n) is 1.90. The molecule has 0 spiro atoms. The summed E-state index contributed by atoms with van der Waals surface area (Å²) in [5.41, 5.74) is -1.77. The Morgan fingerprint density at radius 3 is 2.50 bits per heavy atom. The summed E-state index contributed by atoms with van der Waals surface area (Å²) in [7, 11) is 0. The molecular weight excluding hydrogens is 255 g/mol. The van der Waals surface area contributed by atoms with Crippen molar-refractivity contribution in [3.8, 4) is 11.5 Å². The Hall–Kier alpha value is -0.970. The Morgan fingerprint density at radius 2 is 1.94 bits per heavy atom. The highest BCUT2D eigenvalue weighted by atomic mass is 35.5. The van der Waals surface area contributed by atoms with Gasteiger partial charge < -0.3 is 15.3 Å². The monoisotopic (exact) mass is 262 g/mol. The van der Waals surface area contributed by atoms with Gasteiger partial charge in [-0.05, 0) is 6.07 Å². The number of aromatic hydroxyl groups is 2. The van der Waals surface area contributed by atoms with Crippen LogP contribution in [0.3, 0.4) is 0 Å². The highest BCUT2D eigenvalue weighted by Gasteiger charge is 2.48. The molecule has 0 saturated heterocycles. The summed E-state index contributed by atoms with van der Waals surface area (Å²) in [5, 5.41) is 29.0. The number of ketones is 1. The molecule has 1 atom stereocenters. The lowest BCUT2D eigenvalue weighted by Gasteiger charge is -2.24. The number of aliphatic hydroxyl groups is 1. The van der Waals surface area contributed by atoms with Crippen molar-refractivity contribution in [2.45, 2.75) is 16.9 Å². The maximum absolute atomic E-state index is 11.6. The molecule has 0 heterocycles. The zero-order chi connectivity index (χ0) is 12.1. The normalized spacial score (nSPS) is 23.9. The van der Waals surface area contributed by atoms with Crippen LogP contribution in [0.15, 0.2) is 12.1 Å². The Kier molecular flexibility index (Phi) is 2.53. The SMILES string of the molecule is O=C1CC(O)(C(Cl)Cl)c2c(O)cc(O)cc21. The average Bonchev–Trinajstić information content (AvgIpc) is 2.39. The summed E-state index contributed by atoms with van der Waals surface area (Å²) < 4.78 is 0. The van der Waals surface area contributed by atoms with Gasteiger partial charge in [-0.3, -0.25) is 4.79 Å². The Morgan fingerprint density at radius 1 is 1.31 bits per heavy atom. The van der Waals surface area contributed by atoms with E-state index in [4.69, 9.17) is 23.2 Å². The van der Waals surface area contributed by atoms with Crippen LogP contribution in [0, 0.1) is 0 Å². The van der Waals surface area contributed by atoms with E-state index in [1.54, 1.807) is 0 Å². The molecule has 16 heavy (non-hydrogen) atoms. The van der Waals surface area contributed by atoms with Crippen LogP contribution in [0.25, 0.3) is 0 Å². The summed E-state index contributed by atoms with van der Waals surface area (Å²) in [6.45, 7) is 0. The fraction of sp³-hybridized carbons (Fsp3) is 0.300. The van der Waals surface area contributed by atoms with Gasteiger partial charge in [0.1, 0.15) is 21.9 Å². The van der Waals surface area contributed by atoms with E-state index in [0.29, 0.717) is 0 Å². The van der Waals surface area contributed by atoms with Gasteiger partial charge >= 0.3 is 0 Å². The first-order chi connectivity index (χ1) is 7.36. The van der Waals surface area contributed by atoms with E-state index in [9.17, 15) is 20.1 Å². The molecule has 0 saturated carbocycles. The van der Waals surface area contributed by atoms with Gasteiger partial charge in [-0.2, -0.15) is 0 Å². The third-order valence-electron chi connectivity index (χ3n) is 2.63. The first-order valence-electron chi connectivity index (χ1n) is 4.46. The summed E-state index contributed by atoms with van der Waals surface area (Å²) in [6.07, 6.45) is -0.309. The lowest BCUT2D eigenvalue weighted by Crippen LogP contribution is -2.30. The number of carbonyl (C=O) groups excluding carboxylic acids is 1. The fourth-order valence-corrected chi connectivity index (χ4v) is 2.27. The number of hydrogen-bond acceptors (Lipinski definition) is 4. The number of hydrogen-bond donors (Lipinski definition) is 3. The number of rotatable bonds is 1. The van der Waals surface area contributed by atoms with Crippen molar-refractivity contribution in [1.29, 1.82) is 0 Å². The number of benzene rings is 1. The molecule has 86 valence electrons. The van der Waals surface area contributed by atoms with Crippen molar-refractivity contribution in [2.75, 3.05) is 0 Å². The largest absolute Gasteiger partial charge is 0.508 e. The second kappa shape index (κ2) is 3.52. The van der Waals surface area contributed by atoms with E-state index in [1.807, 2.05) is 0 Å². The van der Waals surface area contributed by atoms with Crippen LogP contribution >= 0.6 is 23.2 Å². The van der Waals surface area contributed by atoms with E-state index in [-0.39, 0.29) is 23.3 Å². The molecule has 1 aliphatic rings. The predicted octanol–water partition coefficient (Wildman–Crippen LogP) is 1.68. The second-order valence-corrected chi connectivity index (χ2v) is 4.81. The number of phenolic OH excluding ortho intramolecular Hbond substituents is 2. The number of phenols is 2. The molecule has 0 aromatic heterocycles. The van der Waals surface area contributed by atoms with Crippen molar-refractivity contribution in [1.82, 2.24) is 0 Å². The molecule has 6 heteroatoms. The maximum atomic E-state index is 11.6. The molecule has 1 aliphatic carbocycles. The van der Waals surface area contributed by atoms with E-state index >= 15 is 0 Å². The molecule has 4 nitrogen and oxygen atoms in total. The van der Waals surface area contributed by atoms with Crippen molar-refractivity contribution in [3.63, 3.8) is 0 Å². The van der Waals surface area contributed by atoms with Gasteiger partial charge in [-0.25, -0.2) is 0 Å². The van der Waals surface area contributed by atoms with Crippen LogP contribution in [0.1, 0.15) is 22.3 Å². The number of carbonyl (C=O) groups is 1. The van der Waals surface area contributed by atoms with E-state index in [1.165, 1.54) is 6.07 Å². The van der Waals surface area contributed by atoms with Crippen molar-refractivity contribution in [2.24, 2.45) is 0 Å².